The van der Waals surface area contributed by atoms with Gasteiger partial charge in [-0.3, -0.25) is 4.79 Å². The third-order valence-corrected chi connectivity index (χ3v) is 6.92. The molecule has 1 amide bonds. The van der Waals surface area contributed by atoms with Gasteiger partial charge in [0, 0.05) is 26.2 Å². The van der Waals surface area contributed by atoms with Gasteiger partial charge in [-0.15, -0.1) is 0 Å². The summed E-state index contributed by atoms with van der Waals surface area (Å²) < 4.78 is 32.0. The van der Waals surface area contributed by atoms with Gasteiger partial charge in [0.2, 0.25) is 5.09 Å². The fourth-order valence-electron chi connectivity index (χ4n) is 3.60. The molecule has 150 valence electrons. The van der Waals surface area contributed by atoms with Crippen molar-refractivity contribution < 1.29 is 17.6 Å². The number of rotatable bonds is 5. The number of aromatic nitrogens is 1. The number of pyridine rings is 1. The zero-order valence-corrected chi connectivity index (χ0v) is 16.5. The van der Waals surface area contributed by atoms with E-state index in [1.807, 2.05) is 6.07 Å². The first-order valence-electron chi connectivity index (χ1n) is 9.66. The molecule has 2 aromatic heterocycles. The van der Waals surface area contributed by atoms with Gasteiger partial charge in [0.15, 0.2) is 5.76 Å². The largest absolute Gasteiger partial charge is 0.438 e. The maximum absolute atomic E-state index is 12.6. The van der Waals surface area contributed by atoms with E-state index in [9.17, 15) is 13.2 Å². The van der Waals surface area contributed by atoms with E-state index in [4.69, 9.17) is 4.42 Å². The fraction of sp³-hybridized carbons (Fsp3) is 0.474. The number of nitrogens with zero attached hydrogens (tertiary/aromatic N) is 3. The lowest BCUT2D eigenvalue weighted by atomic mass is 10.2. The van der Waals surface area contributed by atoms with Crippen LogP contribution in [0.1, 0.15) is 42.7 Å². The van der Waals surface area contributed by atoms with Crippen LogP contribution >= 0.6 is 0 Å². The average molecular weight is 404 g/mol. The highest BCUT2D eigenvalue weighted by Crippen LogP contribution is 2.23. The van der Waals surface area contributed by atoms with Crippen molar-refractivity contribution in [2.75, 3.05) is 36.4 Å². The van der Waals surface area contributed by atoms with Gasteiger partial charge in [-0.1, -0.05) is 6.42 Å². The first-order valence-corrected chi connectivity index (χ1v) is 11.1. The lowest BCUT2D eigenvalue weighted by Crippen LogP contribution is -2.35. The Balaban J connectivity index is 1.43. The molecule has 2 aliphatic rings. The van der Waals surface area contributed by atoms with E-state index in [0.29, 0.717) is 18.8 Å². The normalized spacial score (nSPS) is 18.4. The van der Waals surface area contributed by atoms with Gasteiger partial charge < -0.3 is 14.6 Å². The van der Waals surface area contributed by atoms with Crippen molar-refractivity contribution in [2.24, 2.45) is 0 Å². The SMILES string of the molecule is O=C(Nc1ccc(N2CCCC2)nc1)c1ccc(S(=O)(=O)N2CCCCC2)o1. The van der Waals surface area contributed by atoms with Crippen LogP contribution in [0.25, 0.3) is 0 Å². The van der Waals surface area contributed by atoms with Crippen LogP contribution < -0.4 is 10.2 Å². The highest BCUT2D eigenvalue weighted by Gasteiger charge is 2.29. The standard InChI is InChI=1S/C19H24N4O4S/c24-19(21-15-6-8-17(20-14-15)22-10-4-5-11-22)16-7-9-18(27-16)28(25,26)23-12-2-1-3-13-23/h6-9,14H,1-5,10-13H2,(H,21,24). The highest BCUT2D eigenvalue weighted by molar-refractivity contribution is 7.89. The predicted octanol–water partition coefficient (Wildman–Crippen LogP) is 2.70. The highest BCUT2D eigenvalue weighted by atomic mass is 32.2. The first kappa shape index (κ1) is 18.9. The van der Waals surface area contributed by atoms with Crippen LogP contribution in [0, 0.1) is 0 Å². The second-order valence-electron chi connectivity index (χ2n) is 7.14. The topological polar surface area (TPSA) is 95.8 Å². The molecule has 8 nitrogen and oxygen atoms in total. The molecule has 0 aliphatic carbocycles. The summed E-state index contributed by atoms with van der Waals surface area (Å²) in [5.74, 6) is 0.346. The number of carbonyl (C=O) groups excluding carboxylic acids is 1. The van der Waals surface area contributed by atoms with Gasteiger partial charge in [-0.25, -0.2) is 13.4 Å². The fourth-order valence-corrected chi connectivity index (χ4v) is 5.03. The third-order valence-electron chi connectivity index (χ3n) is 5.15. The minimum atomic E-state index is -3.69. The number of hydrogen-bond acceptors (Lipinski definition) is 6. The molecule has 4 rings (SSSR count). The zero-order chi connectivity index (χ0) is 19.6. The van der Waals surface area contributed by atoms with Crippen LogP contribution in [0.3, 0.4) is 0 Å². The summed E-state index contributed by atoms with van der Waals surface area (Å²) in [5, 5.41) is 2.51. The summed E-state index contributed by atoms with van der Waals surface area (Å²) in [6, 6.07) is 6.38. The van der Waals surface area contributed by atoms with Gasteiger partial charge in [0.25, 0.3) is 15.9 Å². The number of amides is 1. The van der Waals surface area contributed by atoms with Crippen molar-refractivity contribution in [2.45, 2.75) is 37.2 Å². The van der Waals surface area contributed by atoms with Crippen LogP contribution in [-0.4, -0.2) is 49.8 Å². The number of piperidine rings is 1. The molecule has 0 unspecified atom stereocenters. The van der Waals surface area contributed by atoms with E-state index < -0.39 is 15.9 Å². The Kier molecular flexibility index (Phi) is 5.36. The Labute approximate surface area is 164 Å². The lowest BCUT2D eigenvalue weighted by Gasteiger charge is -2.24. The molecule has 2 aromatic rings. The summed E-state index contributed by atoms with van der Waals surface area (Å²) in [4.78, 5) is 19.0. The zero-order valence-electron chi connectivity index (χ0n) is 15.6. The quantitative estimate of drug-likeness (QED) is 0.823. The molecule has 1 N–H and O–H groups in total. The Morgan fingerprint density at radius 3 is 2.36 bits per heavy atom. The number of furan rings is 1. The monoisotopic (exact) mass is 404 g/mol. The molecule has 0 aromatic carbocycles. The van der Waals surface area contributed by atoms with Crippen molar-refractivity contribution in [3.63, 3.8) is 0 Å². The molecule has 0 spiro atoms. The number of anilines is 2. The Hall–Kier alpha value is -2.39. The molecule has 28 heavy (non-hydrogen) atoms. The minimum absolute atomic E-state index is 0.0424. The molecular formula is C19H24N4O4S. The molecule has 0 radical (unpaired) electrons. The van der Waals surface area contributed by atoms with Gasteiger partial charge in [-0.05, 0) is 49.9 Å². The second kappa shape index (κ2) is 7.92. The van der Waals surface area contributed by atoms with Crippen LogP contribution in [0.2, 0.25) is 0 Å². The van der Waals surface area contributed by atoms with E-state index in [1.54, 1.807) is 12.3 Å². The first-order chi connectivity index (χ1) is 13.5. The van der Waals surface area contributed by atoms with E-state index in [0.717, 1.165) is 38.2 Å². The molecule has 2 fully saturated rings. The molecule has 9 heteroatoms. The van der Waals surface area contributed by atoms with Crippen LogP contribution in [0.5, 0.6) is 0 Å². The third kappa shape index (κ3) is 3.90. The smallest absolute Gasteiger partial charge is 0.291 e. The van der Waals surface area contributed by atoms with Crippen molar-refractivity contribution in [1.82, 2.24) is 9.29 Å². The van der Waals surface area contributed by atoms with Crippen LogP contribution in [-0.2, 0) is 10.0 Å². The number of sulfonamides is 1. The second-order valence-corrected chi connectivity index (χ2v) is 9.01. The Morgan fingerprint density at radius 1 is 0.964 bits per heavy atom. The molecule has 2 aliphatic heterocycles. The Morgan fingerprint density at radius 2 is 1.68 bits per heavy atom. The summed E-state index contributed by atoms with van der Waals surface area (Å²) in [6.45, 7) is 2.97. The van der Waals surface area contributed by atoms with Crippen molar-refractivity contribution in [3.8, 4) is 0 Å². The summed E-state index contributed by atoms with van der Waals surface area (Å²) in [6.07, 6.45) is 6.65. The minimum Gasteiger partial charge on any atom is -0.438 e. The lowest BCUT2D eigenvalue weighted by molar-refractivity contribution is 0.0991. The van der Waals surface area contributed by atoms with E-state index in [2.05, 4.69) is 15.2 Å². The molecule has 0 saturated carbocycles. The molecule has 4 heterocycles. The van der Waals surface area contributed by atoms with Gasteiger partial charge >= 0.3 is 0 Å². The van der Waals surface area contributed by atoms with E-state index in [1.165, 1.54) is 29.3 Å². The van der Waals surface area contributed by atoms with Crippen LogP contribution in [0.15, 0.2) is 40.0 Å². The number of nitrogens with one attached hydrogen (secondary N) is 1. The van der Waals surface area contributed by atoms with Crippen molar-refractivity contribution in [1.29, 1.82) is 0 Å². The van der Waals surface area contributed by atoms with Crippen LogP contribution in [0.4, 0.5) is 11.5 Å². The van der Waals surface area contributed by atoms with Crippen molar-refractivity contribution in [3.05, 3.63) is 36.2 Å². The molecule has 2 saturated heterocycles. The van der Waals surface area contributed by atoms with Gasteiger partial charge in [0.1, 0.15) is 5.82 Å². The summed E-state index contributed by atoms with van der Waals surface area (Å²) in [7, 11) is -3.69. The predicted molar refractivity (Wildman–Crippen MR) is 105 cm³/mol. The maximum Gasteiger partial charge on any atom is 0.291 e. The Bertz CT molecular complexity index is 927. The van der Waals surface area contributed by atoms with Gasteiger partial charge in [0.05, 0.1) is 11.9 Å². The number of carbonyl (C=O) groups is 1. The molecule has 0 bridgehead atoms. The average Bonchev–Trinajstić information content (AvgIpc) is 3.42. The maximum atomic E-state index is 12.6. The summed E-state index contributed by atoms with van der Waals surface area (Å²) >= 11 is 0. The molecular weight excluding hydrogens is 380 g/mol. The number of hydrogen-bond donors (Lipinski definition) is 1. The molecule has 0 atom stereocenters. The van der Waals surface area contributed by atoms with E-state index in [-0.39, 0.29) is 10.9 Å². The van der Waals surface area contributed by atoms with E-state index >= 15 is 0 Å². The summed E-state index contributed by atoms with van der Waals surface area (Å²) in [5.41, 5.74) is 0.532. The van der Waals surface area contributed by atoms with Gasteiger partial charge in [-0.2, -0.15) is 4.31 Å². The van der Waals surface area contributed by atoms with Crippen molar-refractivity contribution >= 4 is 27.4 Å².